The first kappa shape index (κ1) is 5.50. The number of hydrogen-bond acceptors (Lipinski definition) is 2. The molecule has 0 aliphatic heterocycles. The lowest BCUT2D eigenvalue weighted by Crippen LogP contribution is -2.01. The topological polar surface area (TPSA) is 47.0 Å². The van der Waals surface area contributed by atoms with Gasteiger partial charge < -0.3 is 0 Å². The number of hydrogen-bond donors (Lipinski definition) is 1. The normalized spacial score (nSPS) is 9.62. The zero-order valence-electron chi connectivity index (χ0n) is 4.52. The van der Waals surface area contributed by atoms with E-state index in [1.165, 1.54) is 0 Å². The van der Waals surface area contributed by atoms with Gasteiger partial charge in [0.2, 0.25) is 0 Å². The molecule has 3 nitrogen and oxygen atoms in total. The second-order valence-corrected chi connectivity index (χ2v) is 2.23. The fraction of sp³-hybridized carbons (Fsp3) is 0.500. The molecule has 1 aromatic rings. The summed E-state index contributed by atoms with van der Waals surface area (Å²) in [7, 11) is 0. The molecule has 0 bridgehead atoms. The van der Waals surface area contributed by atoms with Gasteiger partial charge in [-0.15, -0.1) is 0 Å². The lowest BCUT2D eigenvalue weighted by molar-refractivity contribution is -0.307. The molecular weight excluding hydrogens is 124 g/mol. The summed E-state index contributed by atoms with van der Waals surface area (Å²) < 4.78 is 2.83. The van der Waals surface area contributed by atoms with Gasteiger partial charge in [-0.25, -0.2) is 4.79 Å². The monoisotopic (exact) mass is 131 g/mol. The summed E-state index contributed by atoms with van der Waals surface area (Å²) >= 11 is 1.09. The van der Waals surface area contributed by atoms with E-state index < -0.39 is 0 Å². The van der Waals surface area contributed by atoms with Gasteiger partial charge in [-0.1, -0.05) is 6.92 Å². The predicted molar refractivity (Wildman–Crippen MR) is 30.9 cm³/mol. The highest BCUT2D eigenvalue weighted by atomic mass is 32.1. The maximum Gasteiger partial charge on any atom is 0.425 e. The third kappa shape index (κ3) is 0.949. The highest BCUT2D eigenvalue weighted by Crippen LogP contribution is 1.78. The Hall–Kier alpha value is -0.640. The zero-order chi connectivity index (χ0) is 5.98. The van der Waals surface area contributed by atoms with Crippen LogP contribution >= 0.6 is 11.5 Å². The van der Waals surface area contributed by atoms with Crippen molar-refractivity contribution in [2.45, 2.75) is 13.3 Å². The first-order valence-corrected chi connectivity index (χ1v) is 3.24. The summed E-state index contributed by atoms with van der Waals surface area (Å²) in [5.74, 6) is 0.903. The van der Waals surface area contributed by atoms with Gasteiger partial charge >= 0.3 is 4.87 Å². The van der Waals surface area contributed by atoms with Crippen LogP contribution in [-0.4, -0.2) is 4.98 Å². The van der Waals surface area contributed by atoms with Crippen molar-refractivity contribution in [1.29, 1.82) is 0 Å². The first-order chi connectivity index (χ1) is 3.83. The predicted octanol–water partition coefficient (Wildman–Crippen LogP) is -0.187. The largest absolute Gasteiger partial charge is 0.425 e. The van der Waals surface area contributed by atoms with Crippen LogP contribution in [0, 0.1) is 0 Å². The van der Waals surface area contributed by atoms with Crippen molar-refractivity contribution in [2.75, 3.05) is 0 Å². The first-order valence-electron chi connectivity index (χ1n) is 2.42. The maximum absolute atomic E-state index is 10.4. The quantitative estimate of drug-likeness (QED) is 0.564. The highest BCUT2D eigenvalue weighted by Gasteiger charge is 1.99. The number of nitrogens with one attached hydrogen (secondary N) is 2. The summed E-state index contributed by atoms with van der Waals surface area (Å²) in [5, 5.41) is 0. The summed E-state index contributed by atoms with van der Waals surface area (Å²) in [6, 6.07) is 0. The van der Waals surface area contributed by atoms with Crippen molar-refractivity contribution >= 4 is 11.5 Å². The van der Waals surface area contributed by atoms with Crippen LogP contribution in [0.3, 0.4) is 0 Å². The van der Waals surface area contributed by atoms with Crippen molar-refractivity contribution < 1.29 is 4.37 Å². The van der Waals surface area contributed by atoms with Gasteiger partial charge in [0.05, 0.1) is 0 Å². The summed E-state index contributed by atoms with van der Waals surface area (Å²) in [6.45, 7) is 1.98. The Morgan fingerprint density at radius 2 is 2.62 bits per heavy atom. The van der Waals surface area contributed by atoms with Crippen LogP contribution in [0.4, 0.5) is 0 Å². The molecule has 0 radical (unpaired) electrons. The molecule has 0 aromatic carbocycles. The van der Waals surface area contributed by atoms with Gasteiger partial charge in [-0.2, -0.15) is 9.36 Å². The molecule has 0 saturated carbocycles. The summed E-state index contributed by atoms with van der Waals surface area (Å²) in [6.07, 6.45) is 0.860. The Bertz CT molecular complexity index is 214. The molecule has 0 fully saturated rings. The summed E-state index contributed by atoms with van der Waals surface area (Å²) in [4.78, 5) is 13.0. The average Bonchev–Trinajstić information content (AvgIpc) is 2.14. The van der Waals surface area contributed by atoms with Crippen LogP contribution in [0.15, 0.2) is 4.79 Å². The van der Waals surface area contributed by atoms with Crippen LogP contribution in [0.5, 0.6) is 0 Å². The van der Waals surface area contributed by atoms with Crippen molar-refractivity contribution in [1.82, 2.24) is 4.98 Å². The standard InChI is InChI=1S/C4H6N2OS/c1-2-3-5-4(7)8-6-3/h2H2,1H3,(H,5,6,7)/p+1. The van der Waals surface area contributed by atoms with Gasteiger partial charge in [-0.05, 0) is 0 Å². The number of aryl methyl sites for hydroxylation is 1. The maximum atomic E-state index is 10.4. The number of rotatable bonds is 1. The van der Waals surface area contributed by atoms with Crippen LogP contribution in [-0.2, 0) is 6.42 Å². The smallest absolute Gasteiger partial charge is 0.225 e. The van der Waals surface area contributed by atoms with Crippen molar-refractivity contribution in [3.63, 3.8) is 0 Å². The average molecular weight is 131 g/mol. The van der Waals surface area contributed by atoms with Crippen molar-refractivity contribution in [3.05, 3.63) is 15.5 Å². The molecule has 0 unspecified atom stereocenters. The molecule has 0 atom stereocenters. The van der Waals surface area contributed by atoms with Gasteiger partial charge in [0.25, 0.3) is 5.82 Å². The van der Waals surface area contributed by atoms with Gasteiger partial charge in [0, 0.05) is 6.42 Å². The Morgan fingerprint density at radius 3 is 2.88 bits per heavy atom. The SMILES string of the molecule is CCc1[nH]c(=O)s[nH+]1. The minimum absolute atomic E-state index is 0.0122. The Kier molecular flexibility index (Phi) is 1.43. The number of aromatic amines is 2. The van der Waals surface area contributed by atoms with Crippen LogP contribution in [0.25, 0.3) is 0 Å². The lowest BCUT2D eigenvalue weighted by Gasteiger charge is -1.69. The molecule has 0 aliphatic rings. The third-order valence-electron chi connectivity index (χ3n) is 0.873. The van der Waals surface area contributed by atoms with E-state index >= 15 is 0 Å². The Morgan fingerprint density at radius 1 is 1.88 bits per heavy atom. The molecule has 0 amide bonds. The molecule has 0 spiro atoms. The van der Waals surface area contributed by atoms with Crippen LogP contribution in [0.2, 0.25) is 0 Å². The van der Waals surface area contributed by atoms with E-state index in [2.05, 4.69) is 9.36 Å². The molecule has 44 valence electrons. The Labute approximate surface area is 50.5 Å². The third-order valence-corrected chi connectivity index (χ3v) is 1.51. The molecule has 2 N–H and O–H groups in total. The second kappa shape index (κ2) is 2.09. The van der Waals surface area contributed by atoms with Crippen LogP contribution in [0.1, 0.15) is 12.7 Å². The van der Waals surface area contributed by atoms with Crippen LogP contribution < -0.4 is 9.25 Å². The molecular formula is C4H7N2OS+. The lowest BCUT2D eigenvalue weighted by atomic mass is 10.5. The minimum Gasteiger partial charge on any atom is -0.225 e. The van der Waals surface area contributed by atoms with Crippen molar-refractivity contribution in [2.24, 2.45) is 0 Å². The molecule has 0 aliphatic carbocycles. The molecule has 1 heterocycles. The van der Waals surface area contributed by atoms with E-state index in [1.54, 1.807) is 0 Å². The molecule has 1 rings (SSSR count). The van der Waals surface area contributed by atoms with E-state index in [9.17, 15) is 4.79 Å². The number of H-pyrrole nitrogens is 2. The minimum atomic E-state index is -0.0122. The fourth-order valence-corrected chi connectivity index (χ4v) is 1.03. The molecule has 4 heteroatoms. The van der Waals surface area contributed by atoms with Crippen molar-refractivity contribution in [3.8, 4) is 0 Å². The van der Waals surface area contributed by atoms with Gasteiger partial charge in [-0.3, -0.25) is 0 Å². The van der Waals surface area contributed by atoms with E-state index in [0.717, 1.165) is 23.8 Å². The van der Waals surface area contributed by atoms with E-state index in [1.807, 2.05) is 6.92 Å². The molecule has 8 heavy (non-hydrogen) atoms. The van der Waals surface area contributed by atoms with E-state index in [4.69, 9.17) is 0 Å². The number of aromatic nitrogens is 2. The molecule has 0 saturated heterocycles. The zero-order valence-corrected chi connectivity index (χ0v) is 5.34. The van der Waals surface area contributed by atoms with E-state index in [0.29, 0.717) is 0 Å². The summed E-state index contributed by atoms with van der Waals surface area (Å²) in [5.41, 5.74) is 0. The second-order valence-electron chi connectivity index (χ2n) is 1.45. The highest BCUT2D eigenvalue weighted by molar-refractivity contribution is 6.98. The fourth-order valence-electron chi connectivity index (χ4n) is 0.443. The van der Waals surface area contributed by atoms with E-state index in [-0.39, 0.29) is 4.87 Å². The Balaban J connectivity index is 3.01. The van der Waals surface area contributed by atoms with Gasteiger partial charge in [0.15, 0.2) is 0 Å². The molecule has 1 aromatic heterocycles. The van der Waals surface area contributed by atoms with Gasteiger partial charge in [0.1, 0.15) is 11.5 Å².